The van der Waals surface area contributed by atoms with E-state index in [1.807, 2.05) is 18.2 Å². The molecule has 0 radical (unpaired) electrons. The van der Waals surface area contributed by atoms with Gasteiger partial charge in [-0.25, -0.2) is 4.39 Å². The molecule has 0 spiro atoms. The minimum Gasteiger partial charge on any atom is -0.271 e. The molecule has 0 saturated heterocycles. The van der Waals surface area contributed by atoms with Gasteiger partial charge in [0, 0.05) is 22.7 Å². The molecule has 2 nitrogen and oxygen atoms in total. The number of benzene rings is 2. The van der Waals surface area contributed by atoms with Crippen LogP contribution in [0.4, 0.5) is 13.2 Å². The Morgan fingerprint density at radius 3 is 2.56 bits per heavy atom. The van der Waals surface area contributed by atoms with Crippen LogP contribution in [-0.4, -0.2) is 16.2 Å². The fourth-order valence-corrected chi connectivity index (χ4v) is 3.20. The molecule has 1 aromatic heterocycles. The molecule has 5 heteroatoms. The van der Waals surface area contributed by atoms with E-state index >= 15 is 0 Å². The van der Waals surface area contributed by atoms with Crippen LogP contribution in [0, 0.1) is 5.82 Å². The molecular weight excluding hydrogens is 325 g/mol. The Hall–Kier alpha value is -2.69. The van der Waals surface area contributed by atoms with Gasteiger partial charge < -0.3 is 0 Å². The topological polar surface area (TPSA) is 25.2 Å². The lowest BCUT2D eigenvalue weighted by molar-refractivity contribution is -0.0710. The van der Waals surface area contributed by atoms with E-state index in [9.17, 15) is 13.2 Å². The molecule has 0 N–H and O–H groups in total. The lowest BCUT2D eigenvalue weighted by Crippen LogP contribution is -2.44. The zero-order valence-corrected chi connectivity index (χ0v) is 13.7. The van der Waals surface area contributed by atoms with Crippen molar-refractivity contribution < 1.29 is 13.2 Å². The van der Waals surface area contributed by atoms with Gasteiger partial charge in [0.1, 0.15) is 11.4 Å². The largest absolute Gasteiger partial charge is 0.300 e. The van der Waals surface area contributed by atoms with Crippen molar-refractivity contribution in [1.29, 1.82) is 0 Å². The van der Waals surface area contributed by atoms with Crippen LogP contribution in [0.2, 0.25) is 0 Å². The fourth-order valence-electron chi connectivity index (χ4n) is 3.20. The summed E-state index contributed by atoms with van der Waals surface area (Å²) < 4.78 is 43.9. The summed E-state index contributed by atoms with van der Waals surface area (Å²) in [6.07, 6.45) is 1.69. The smallest absolute Gasteiger partial charge is 0.271 e. The SMILES string of the molecule is CC1(C)N=C(c2ccc3ncccc3c2)c2cccc(F)c2C1(F)F. The number of rotatable bonds is 1. The number of alkyl halides is 2. The van der Waals surface area contributed by atoms with Crippen molar-refractivity contribution in [2.75, 3.05) is 0 Å². The van der Waals surface area contributed by atoms with E-state index in [1.165, 1.54) is 26.0 Å². The van der Waals surface area contributed by atoms with Crippen LogP contribution in [0.25, 0.3) is 10.9 Å². The first-order valence-corrected chi connectivity index (χ1v) is 7.93. The Morgan fingerprint density at radius 2 is 1.76 bits per heavy atom. The van der Waals surface area contributed by atoms with Crippen molar-refractivity contribution in [3.8, 4) is 0 Å². The lowest BCUT2D eigenvalue weighted by Gasteiger charge is -2.37. The first-order valence-electron chi connectivity index (χ1n) is 7.93. The molecule has 4 rings (SSSR count). The minimum absolute atomic E-state index is 0.132. The van der Waals surface area contributed by atoms with Crippen LogP contribution in [0.15, 0.2) is 59.7 Å². The molecule has 0 amide bonds. The Kier molecular flexibility index (Phi) is 3.26. The monoisotopic (exact) mass is 340 g/mol. The van der Waals surface area contributed by atoms with Gasteiger partial charge in [-0.1, -0.05) is 24.3 Å². The normalized spacial score (nSPS) is 17.9. The number of pyridine rings is 1. The third kappa shape index (κ3) is 2.26. The Bertz CT molecular complexity index is 1020. The minimum atomic E-state index is -3.39. The van der Waals surface area contributed by atoms with Gasteiger partial charge in [0.25, 0.3) is 0 Å². The van der Waals surface area contributed by atoms with Crippen LogP contribution in [0.1, 0.15) is 30.5 Å². The van der Waals surface area contributed by atoms with E-state index in [0.29, 0.717) is 11.3 Å². The highest BCUT2D eigenvalue weighted by Crippen LogP contribution is 2.47. The van der Waals surface area contributed by atoms with Gasteiger partial charge in [0.2, 0.25) is 0 Å². The lowest BCUT2D eigenvalue weighted by atomic mass is 9.81. The summed E-state index contributed by atoms with van der Waals surface area (Å²) in [4.78, 5) is 8.56. The zero-order chi connectivity index (χ0) is 17.8. The van der Waals surface area contributed by atoms with E-state index < -0.39 is 22.8 Å². The molecule has 3 aromatic rings. The van der Waals surface area contributed by atoms with Crippen molar-refractivity contribution >= 4 is 16.6 Å². The molecule has 126 valence electrons. The van der Waals surface area contributed by atoms with Crippen molar-refractivity contribution in [3.05, 3.63) is 77.2 Å². The summed E-state index contributed by atoms with van der Waals surface area (Å²) in [5.74, 6) is -4.30. The number of aromatic nitrogens is 1. The number of hydrogen-bond donors (Lipinski definition) is 0. The van der Waals surface area contributed by atoms with Crippen LogP contribution >= 0.6 is 0 Å². The first kappa shape index (κ1) is 15.8. The maximum Gasteiger partial charge on any atom is 0.300 e. The van der Waals surface area contributed by atoms with Gasteiger partial charge in [-0.05, 0) is 38.1 Å². The molecule has 0 aliphatic carbocycles. The number of aliphatic imine (C=N–C) groups is 1. The van der Waals surface area contributed by atoms with Gasteiger partial charge >= 0.3 is 5.92 Å². The average molecular weight is 340 g/mol. The predicted molar refractivity (Wildman–Crippen MR) is 91.8 cm³/mol. The number of halogens is 3. The second kappa shape index (κ2) is 5.15. The Labute approximate surface area is 143 Å². The summed E-state index contributed by atoms with van der Waals surface area (Å²) in [6, 6.07) is 13.1. The summed E-state index contributed by atoms with van der Waals surface area (Å²) >= 11 is 0. The highest BCUT2D eigenvalue weighted by molar-refractivity contribution is 6.16. The predicted octanol–water partition coefficient (Wildman–Crippen LogP) is 5.10. The molecule has 0 fully saturated rings. The second-order valence-electron chi connectivity index (χ2n) is 6.67. The highest BCUT2D eigenvalue weighted by Gasteiger charge is 2.54. The van der Waals surface area contributed by atoms with E-state index in [1.54, 1.807) is 18.3 Å². The first-order chi connectivity index (χ1) is 11.8. The quantitative estimate of drug-likeness (QED) is 0.605. The molecule has 2 aromatic carbocycles. The van der Waals surface area contributed by atoms with Crippen molar-refractivity contribution in [1.82, 2.24) is 4.98 Å². The van der Waals surface area contributed by atoms with E-state index in [4.69, 9.17) is 0 Å². The maximum atomic E-state index is 14.8. The number of nitrogens with zero attached hydrogens (tertiary/aromatic N) is 2. The standard InChI is InChI=1S/C20H15F3N2/c1-19(2)20(22,23)17-14(6-3-7-15(17)21)18(25-19)13-8-9-16-12(11-13)5-4-10-24-16/h3-11H,1-2H3. The van der Waals surface area contributed by atoms with Gasteiger partial charge in [-0.3, -0.25) is 9.98 Å². The van der Waals surface area contributed by atoms with E-state index in [2.05, 4.69) is 9.98 Å². The Balaban J connectivity index is 2.00. The summed E-state index contributed by atoms with van der Waals surface area (Å²) in [5, 5.41) is 0.871. The molecule has 2 heterocycles. The molecule has 0 saturated carbocycles. The molecular formula is C20H15F3N2. The third-order valence-corrected chi connectivity index (χ3v) is 4.62. The van der Waals surface area contributed by atoms with Gasteiger partial charge in [0.15, 0.2) is 0 Å². The van der Waals surface area contributed by atoms with Crippen molar-refractivity contribution in [2.24, 2.45) is 4.99 Å². The highest BCUT2D eigenvalue weighted by atomic mass is 19.3. The average Bonchev–Trinajstić information content (AvgIpc) is 2.58. The van der Waals surface area contributed by atoms with Gasteiger partial charge in [-0.2, -0.15) is 8.78 Å². The van der Waals surface area contributed by atoms with Crippen molar-refractivity contribution in [3.63, 3.8) is 0 Å². The van der Waals surface area contributed by atoms with Crippen LogP contribution in [0.3, 0.4) is 0 Å². The van der Waals surface area contributed by atoms with Crippen LogP contribution in [-0.2, 0) is 5.92 Å². The molecule has 0 atom stereocenters. The van der Waals surface area contributed by atoms with Crippen LogP contribution < -0.4 is 0 Å². The van der Waals surface area contributed by atoms with E-state index in [0.717, 1.165) is 17.0 Å². The zero-order valence-electron chi connectivity index (χ0n) is 13.7. The molecule has 1 aliphatic rings. The third-order valence-electron chi connectivity index (χ3n) is 4.62. The molecule has 1 aliphatic heterocycles. The van der Waals surface area contributed by atoms with E-state index in [-0.39, 0.29) is 5.56 Å². The van der Waals surface area contributed by atoms with Gasteiger partial charge in [-0.15, -0.1) is 0 Å². The summed E-state index contributed by atoms with van der Waals surface area (Å²) in [6.45, 7) is 2.65. The number of hydrogen-bond acceptors (Lipinski definition) is 2. The molecule has 25 heavy (non-hydrogen) atoms. The number of fused-ring (bicyclic) bond motifs is 2. The fraction of sp³-hybridized carbons (Fsp3) is 0.200. The van der Waals surface area contributed by atoms with Crippen LogP contribution in [0.5, 0.6) is 0 Å². The van der Waals surface area contributed by atoms with Crippen molar-refractivity contribution in [2.45, 2.75) is 25.3 Å². The summed E-state index contributed by atoms with van der Waals surface area (Å²) in [5.41, 5.74) is -0.371. The molecule has 0 bridgehead atoms. The maximum absolute atomic E-state index is 14.8. The molecule has 0 unspecified atom stereocenters. The Morgan fingerprint density at radius 1 is 0.960 bits per heavy atom. The van der Waals surface area contributed by atoms with Gasteiger partial charge in [0.05, 0.1) is 16.8 Å². The second-order valence-corrected chi connectivity index (χ2v) is 6.67. The summed E-state index contributed by atoms with van der Waals surface area (Å²) in [7, 11) is 0.